The molecule has 1 aromatic carbocycles. The van der Waals surface area contributed by atoms with Gasteiger partial charge in [0.05, 0.1) is 16.3 Å². The third-order valence-electron chi connectivity index (χ3n) is 3.54. The molecule has 1 atom stereocenters. The van der Waals surface area contributed by atoms with Crippen molar-refractivity contribution in [1.29, 1.82) is 0 Å². The van der Waals surface area contributed by atoms with Gasteiger partial charge in [0, 0.05) is 29.6 Å². The maximum absolute atomic E-state index is 12.0. The van der Waals surface area contributed by atoms with E-state index in [1.807, 2.05) is 18.7 Å². The molecule has 0 aromatic heterocycles. The van der Waals surface area contributed by atoms with Crippen LogP contribution in [0.5, 0.6) is 5.75 Å². The smallest absolute Gasteiger partial charge is 0.333 e. The summed E-state index contributed by atoms with van der Waals surface area (Å²) in [6.45, 7) is 7.09. The standard InChI is InChI=1S/C14H20N2O4S/c1-4-20-12-7-5-6-11(13(12)16(17)18)15-8-9-21(19)14(2,3)10-15/h5-7H,4,8-10H2,1-3H3/t21-/m1/s1. The topological polar surface area (TPSA) is 72.7 Å². The summed E-state index contributed by atoms with van der Waals surface area (Å²) in [5, 5.41) is 11.4. The predicted octanol–water partition coefficient (Wildman–Crippen LogP) is 2.34. The highest BCUT2D eigenvalue weighted by molar-refractivity contribution is 7.86. The van der Waals surface area contributed by atoms with Crippen LogP contribution in [-0.4, -0.2) is 39.3 Å². The molecule has 0 unspecified atom stereocenters. The fraction of sp³-hybridized carbons (Fsp3) is 0.571. The Balaban J connectivity index is 2.42. The van der Waals surface area contributed by atoms with Crippen LogP contribution in [0.3, 0.4) is 0 Å². The Morgan fingerprint density at radius 3 is 2.76 bits per heavy atom. The summed E-state index contributed by atoms with van der Waals surface area (Å²) in [5.41, 5.74) is 0.526. The third kappa shape index (κ3) is 3.18. The number of benzene rings is 1. The number of nitrogens with zero attached hydrogens (tertiary/aromatic N) is 2. The van der Waals surface area contributed by atoms with Gasteiger partial charge in [0.25, 0.3) is 0 Å². The van der Waals surface area contributed by atoms with Crippen LogP contribution in [0.15, 0.2) is 18.2 Å². The van der Waals surface area contributed by atoms with Crippen LogP contribution in [0.2, 0.25) is 0 Å². The highest BCUT2D eigenvalue weighted by Crippen LogP contribution is 2.39. The lowest BCUT2D eigenvalue weighted by Gasteiger charge is -2.38. The highest BCUT2D eigenvalue weighted by atomic mass is 32.2. The zero-order chi connectivity index (χ0) is 15.6. The number of hydrogen-bond donors (Lipinski definition) is 0. The maximum Gasteiger partial charge on any atom is 0.333 e. The van der Waals surface area contributed by atoms with Crippen molar-refractivity contribution in [2.24, 2.45) is 0 Å². The lowest BCUT2D eigenvalue weighted by atomic mass is 10.1. The summed E-state index contributed by atoms with van der Waals surface area (Å²) < 4.78 is 17.0. The molecule has 21 heavy (non-hydrogen) atoms. The van der Waals surface area contributed by atoms with E-state index in [4.69, 9.17) is 4.74 Å². The van der Waals surface area contributed by atoms with Gasteiger partial charge in [-0.05, 0) is 32.9 Å². The highest BCUT2D eigenvalue weighted by Gasteiger charge is 2.36. The Kier molecular flexibility index (Phi) is 4.51. The summed E-state index contributed by atoms with van der Waals surface area (Å²) >= 11 is 0. The lowest BCUT2D eigenvalue weighted by molar-refractivity contribution is -0.385. The largest absolute Gasteiger partial charge is 0.487 e. The van der Waals surface area contributed by atoms with E-state index in [9.17, 15) is 14.3 Å². The van der Waals surface area contributed by atoms with Gasteiger partial charge in [-0.15, -0.1) is 0 Å². The molecular weight excluding hydrogens is 292 g/mol. The first-order chi connectivity index (χ1) is 9.86. The van der Waals surface area contributed by atoms with Gasteiger partial charge in [0.15, 0.2) is 5.75 Å². The van der Waals surface area contributed by atoms with Crippen LogP contribution >= 0.6 is 0 Å². The van der Waals surface area contributed by atoms with Crippen molar-refractivity contribution in [3.05, 3.63) is 28.3 Å². The Hall–Kier alpha value is -1.63. The minimum Gasteiger partial charge on any atom is -0.487 e. The van der Waals surface area contributed by atoms with Gasteiger partial charge in [-0.25, -0.2) is 0 Å². The van der Waals surface area contributed by atoms with Gasteiger partial charge in [-0.2, -0.15) is 0 Å². The normalized spacial score (nSPS) is 21.1. The molecule has 1 aromatic rings. The van der Waals surface area contributed by atoms with E-state index >= 15 is 0 Å². The van der Waals surface area contributed by atoms with E-state index < -0.39 is 15.7 Å². The number of anilines is 1. The summed E-state index contributed by atoms with van der Waals surface area (Å²) in [6, 6.07) is 5.09. The minimum absolute atomic E-state index is 0.0113. The molecule has 2 rings (SSSR count). The summed E-state index contributed by atoms with van der Waals surface area (Å²) in [7, 11) is -0.914. The second kappa shape index (κ2) is 6.01. The lowest BCUT2D eigenvalue weighted by Crippen LogP contribution is -2.50. The van der Waals surface area contributed by atoms with Gasteiger partial charge in [0.2, 0.25) is 0 Å². The van der Waals surface area contributed by atoms with Crippen molar-refractivity contribution in [1.82, 2.24) is 0 Å². The predicted molar refractivity (Wildman–Crippen MR) is 83.6 cm³/mol. The third-order valence-corrected chi connectivity index (χ3v) is 5.45. The molecule has 0 amide bonds. The van der Waals surface area contributed by atoms with Crippen LogP contribution in [0, 0.1) is 10.1 Å². The van der Waals surface area contributed by atoms with Gasteiger partial charge in [-0.3, -0.25) is 14.3 Å². The summed E-state index contributed by atoms with van der Waals surface area (Å²) in [4.78, 5) is 13.0. The molecule has 0 saturated carbocycles. The molecule has 0 spiro atoms. The van der Waals surface area contributed by atoms with Crippen LogP contribution < -0.4 is 9.64 Å². The first-order valence-electron chi connectivity index (χ1n) is 6.90. The second-order valence-electron chi connectivity index (χ2n) is 5.54. The van der Waals surface area contributed by atoms with Gasteiger partial charge >= 0.3 is 5.69 Å². The molecule has 1 aliphatic heterocycles. The summed E-state index contributed by atoms with van der Waals surface area (Å²) in [5.74, 6) is 0.799. The molecule has 1 heterocycles. The number of ether oxygens (including phenoxy) is 1. The average molecular weight is 312 g/mol. The molecule has 1 fully saturated rings. The molecular formula is C14H20N2O4S. The Morgan fingerprint density at radius 1 is 1.48 bits per heavy atom. The molecule has 1 aliphatic rings. The summed E-state index contributed by atoms with van der Waals surface area (Å²) in [6.07, 6.45) is 0. The van der Waals surface area contributed by atoms with Crippen LogP contribution in [0.1, 0.15) is 20.8 Å². The number of nitro groups is 1. The quantitative estimate of drug-likeness (QED) is 0.630. The van der Waals surface area contributed by atoms with E-state index in [-0.39, 0.29) is 16.2 Å². The molecule has 6 nitrogen and oxygen atoms in total. The van der Waals surface area contributed by atoms with Crippen LogP contribution in [0.4, 0.5) is 11.4 Å². The second-order valence-corrected chi connectivity index (χ2v) is 7.75. The molecule has 7 heteroatoms. The van der Waals surface area contributed by atoms with Gasteiger partial charge < -0.3 is 9.64 Å². The number of hydrogen-bond acceptors (Lipinski definition) is 5. The Morgan fingerprint density at radius 2 is 2.19 bits per heavy atom. The minimum atomic E-state index is -0.914. The molecule has 0 radical (unpaired) electrons. The van der Waals surface area contributed by atoms with E-state index in [2.05, 4.69) is 0 Å². The first kappa shape index (κ1) is 15.8. The van der Waals surface area contributed by atoms with Gasteiger partial charge in [0.1, 0.15) is 5.69 Å². The Bertz CT molecular complexity index is 574. The maximum atomic E-state index is 12.0. The number of rotatable bonds is 4. The van der Waals surface area contributed by atoms with Gasteiger partial charge in [-0.1, -0.05) is 6.07 Å². The van der Waals surface area contributed by atoms with Crippen molar-refractivity contribution < 1.29 is 13.9 Å². The van der Waals surface area contributed by atoms with E-state index in [0.29, 0.717) is 31.1 Å². The SMILES string of the molecule is CCOc1cccc(N2CC[S@@](=O)C(C)(C)C2)c1[N+](=O)[O-]. The molecule has 116 valence electrons. The molecule has 0 aliphatic carbocycles. The molecule has 1 saturated heterocycles. The van der Waals surface area contributed by atoms with Crippen molar-refractivity contribution in [3.8, 4) is 5.75 Å². The van der Waals surface area contributed by atoms with Crippen LogP contribution in [0.25, 0.3) is 0 Å². The molecule has 0 bridgehead atoms. The molecule has 0 N–H and O–H groups in total. The van der Waals surface area contributed by atoms with E-state index in [0.717, 1.165) is 0 Å². The van der Waals surface area contributed by atoms with E-state index in [1.54, 1.807) is 25.1 Å². The fourth-order valence-electron chi connectivity index (χ4n) is 2.51. The van der Waals surface area contributed by atoms with Crippen molar-refractivity contribution >= 4 is 22.2 Å². The number of nitro benzene ring substituents is 1. The van der Waals surface area contributed by atoms with Crippen molar-refractivity contribution in [3.63, 3.8) is 0 Å². The Labute approximate surface area is 126 Å². The monoisotopic (exact) mass is 312 g/mol. The zero-order valence-corrected chi connectivity index (χ0v) is 13.3. The average Bonchev–Trinajstić information content (AvgIpc) is 2.41. The van der Waals surface area contributed by atoms with E-state index in [1.165, 1.54) is 0 Å². The number of para-hydroxylation sites is 1. The fourth-order valence-corrected chi connectivity index (χ4v) is 3.75. The zero-order valence-electron chi connectivity index (χ0n) is 12.5. The van der Waals surface area contributed by atoms with Crippen molar-refractivity contribution in [2.45, 2.75) is 25.5 Å². The van der Waals surface area contributed by atoms with Crippen LogP contribution in [-0.2, 0) is 10.8 Å². The first-order valence-corrected chi connectivity index (χ1v) is 8.22. The van der Waals surface area contributed by atoms with Crippen molar-refractivity contribution in [2.75, 3.05) is 30.3 Å².